The largest absolute Gasteiger partial charge is 0.397 e. The van der Waals surface area contributed by atoms with E-state index in [1.54, 1.807) is 12.1 Å². The highest BCUT2D eigenvalue weighted by Gasteiger charge is 2.21. The van der Waals surface area contributed by atoms with Crippen molar-refractivity contribution in [2.75, 3.05) is 50.4 Å². The second-order valence-corrected chi connectivity index (χ2v) is 8.80. The number of halogens is 2. The van der Waals surface area contributed by atoms with Crippen LogP contribution in [0.5, 0.6) is 0 Å². The number of morpholine rings is 1. The Labute approximate surface area is 188 Å². The first-order valence-electron chi connectivity index (χ1n) is 9.54. The van der Waals surface area contributed by atoms with Gasteiger partial charge in [-0.2, -0.15) is 0 Å². The number of hydrogen-bond donors (Lipinski definition) is 2. The standard InChI is InChI=1S/C20H21Cl2N5O2S/c1-11(28)18-16(23)15-17(12-2-3-13(21)14(22)10-12)25-20(26-19(15)30-18)24-4-5-27-6-8-29-9-7-27/h2-3,10H,4-9,23H2,1H3,(H,24,25,26). The maximum atomic E-state index is 12.0. The lowest BCUT2D eigenvalue weighted by molar-refractivity contribution is 0.0398. The Morgan fingerprint density at radius 2 is 2.03 bits per heavy atom. The second-order valence-electron chi connectivity index (χ2n) is 6.99. The molecular formula is C20H21Cl2N5O2S. The molecule has 2 aromatic heterocycles. The normalized spacial score (nSPS) is 14.9. The summed E-state index contributed by atoms with van der Waals surface area (Å²) in [6.07, 6.45) is 0. The lowest BCUT2D eigenvalue weighted by atomic mass is 10.1. The van der Waals surface area contributed by atoms with Crippen LogP contribution in [0.3, 0.4) is 0 Å². The molecule has 0 spiro atoms. The minimum atomic E-state index is -0.0996. The number of ether oxygens (including phenoxy) is 1. The van der Waals surface area contributed by atoms with Gasteiger partial charge in [0.2, 0.25) is 5.95 Å². The van der Waals surface area contributed by atoms with Gasteiger partial charge in [-0.25, -0.2) is 9.97 Å². The van der Waals surface area contributed by atoms with Crippen molar-refractivity contribution in [1.82, 2.24) is 14.9 Å². The number of ketones is 1. The van der Waals surface area contributed by atoms with E-state index in [0.29, 0.717) is 49.0 Å². The molecule has 30 heavy (non-hydrogen) atoms. The first-order chi connectivity index (χ1) is 14.4. The summed E-state index contributed by atoms with van der Waals surface area (Å²) in [7, 11) is 0. The number of thiophene rings is 1. The Morgan fingerprint density at radius 1 is 1.27 bits per heavy atom. The van der Waals surface area contributed by atoms with Gasteiger partial charge < -0.3 is 15.8 Å². The van der Waals surface area contributed by atoms with Gasteiger partial charge in [-0.15, -0.1) is 11.3 Å². The molecule has 1 aliphatic rings. The number of nitrogens with one attached hydrogen (secondary N) is 1. The maximum Gasteiger partial charge on any atom is 0.224 e. The quantitative estimate of drug-likeness (QED) is 0.526. The highest BCUT2D eigenvalue weighted by molar-refractivity contribution is 7.21. The molecule has 4 rings (SSSR count). The summed E-state index contributed by atoms with van der Waals surface area (Å²) in [5.74, 6) is 0.380. The summed E-state index contributed by atoms with van der Waals surface area (Å²) < 4.78 is 5.38. The van der Waals surface area contributed by atoms with Crippen molar-refractivity contribution in [3.63, 3.8) is 0 Å². The Hall–Kier alpha value is -1.97. The van der Waals surface area contributed by atoms with Gasteiger partial charge in [0.1, 0.15) is 4.83 Å². The third-order valence-electron chi connectivity index (χ3n) is 4.92. The molecular weight excluding hydrogens is 445 g/mol. The van der Waals surface area contributed by atoms with Crippen molar-refractivity contribution in [2.24, 2.45) is 0 Å². The Kier molecular flexibility index (Phi) is 6.40. The minimum absolute atomic E-state index is 0.0996. The van der Waals surface area contributed by atoms with Crippen LogP contribution in [-0.4, -0.2) is 60.0 Å². The molecule has 0 saturated carbocycles. The number of rotatable bonds is 6. The number of hydrogen-bond acceptors (Lipinski definition) is 8. The molecule has 3 N–H and O–H groups in total. The fourth-order valence-electron chi connectivity index (χ4n) is 3.37. The van der Waals surface area contributed by atoms with Crippen molar-refractivity contribution < 1.29 is 9.53 Å². The zero-order valence-corrected chi connectivity index (χ0v) is 18.7. The molecule has 3 aromatic rings. The molecule has 0 amide bonds. The van der Waals surface area contributed by atoms with Crippen LogP contribution in [0.2, 0.25) is 10.0 Å². The zero-order valence-electron chi connectivity index (χ0n) is 16.4. The van der Waals surface area contributed by atoms with Gasteiger partial charge in [0.05, 0.1) is 44.9 Å². The van der Waals surface area contributed by atoms with Crippen molar-refractivity contribution in [2.45, 2.75) is 6.92 Å². The lowest BCUT2D eigenvalue weighted by Gasteiger charge is -2.26. The predicted molar refractivity (Wildman–Crippen MR) is 123 cm³/mol. The molecule has 0 atom stereocenters. The summed E-state index contributed by atoms with van der Waals surface area (Å²) in [6, 6.07) is 5.29. The minimum Gasteiger partial charge on any atom is -0.397 e. The molecule has 0 aliphatic carbocycles. The van der Waals surface area contributed by atoms with Crippen LogP contribution in [0.1, 0.15) is 16.6 Å². The maximum absolute atomic E-state index is 12.0. The number of benzene rings is 1. The third kappa shape index (κ3) is 4.38. The summed E-state index contributed by atoms with van der Waals surface area (Å²) in [6.45, 7) is 6.39. The van der Waals surface area contributed by atoms with Crippen LogP contribution in [0.15, 0.2) is 18.2 Å². The average molecular weight is 466 g/mol. The summed E-state index contributed by atoms with van der Waals surface area (Å²) in [5.41, 5.74) is 8.07. The van der Waals surface area contributed by atoms with Crippen molar-refractivity contribution in [3.05, 3.63) is 33.1 Å². The lowest BCUT2D eigenvalue weighted by Crippen LogP contribution is -2.39. The van der Waals surface area contributed by atoms with Gasteiger partial charge in [-0.3, -0.25) is 9.69 Å². The number of nitrogens with zero attached hydrogens (tertiary/aromatic N) is 3. The Bertz CT molecular complexity index is 1100. The van der Waals surface area contributed by atoms with E-state index in [1.807, 2.05) is 6.07 Å². The van der Waals surface area contributed by atoms with Crippen molar-refractivity contribution in [3.8, 4) is 11.3 Å². The van der Waals surface area contributed by atoms with Crippen LogP contribution in [0, 0.1) is 0 Å². The van der Waals surface area contributed by atoms with Crippen LogP contribution >= 0.6 is 34.5 Å². The number of carbonyl (C=O) groups is 1. The van der Waals surface area contributed by atoms with Crippen LogP contribution in [0.4, 0.5) is 11.6 Å². The SMILES string of the molecule is CC(=O)c1sc2nc(NCCN3CCOCC3)nc(-c3ccc(Cl)c(Cl)c3)c2c1N. The van der Waals surface area contributed by atoms with E-state index in [-0.39, 0.29) is 5.78 Å². The predicted octanol–water partition coefficient (Wildman–Crippen LogP) is 4.19. The smallest absolute Gasteiger partial charge is 0.224 e. The van der Waals surface area contributed by atoms with E-state index in [9.17, 15) is 4.79 Å². The van der Waals surface area contributed by atoms with Gasteiger partial charge in [0.15, 0.2) is 5.78 Å². The number of Topliss-reactive ketones (excluding diaryl/α,β-unsaturated/α-hetero) is 1. The molecule has 10 heteroatoms. The van der Waals surface area contributed by atoms with E-state index in [0.717, 1.165) is 38.4 Å². The van der Waals surface area contributed by atoms with E-state index in [2.05, 4.69) is 15.2 Å². The van der Waals surface area contributed by atoms with Crippen molar-refractivity contribution >= 4 is 62.2 Å². The van der Waals surface area contributed by atoms with Crippen LogP contribution < -0.4 is 11.1 Å². The second kappa shape index (κ2) is 9.03. The highest BCUT2D eigenvalue weighted by Crippen LogP contribution is 2.40. The van der Waals surface area contributed by atoms with Gasteiger partial charge in [0, 0.05) is 38.7 Å². The molecule has 7 nitrogen and oxygen atoms in total. The summed E-state index contributed by atoms with van der Waals surface area (Å²) in [5, 5.41) is 4.83. The monoisotopic (exact) mass is 465 g/mol. The molecule has 0 radical (unpaired) electrons. The average Bonchev–Trinajstić information content (AvgIpc) is 3.07. The number of aromatic nitrogens is 2. The summed E-state index contributed by atoms with van der Waals surface area (Å²) >= 11 is 13.6. The van der Waals surface area contributed by atoms with E-state index in [4.69, 9.17) is 38.7 Å². The van der Waals surface area contributed by atoms with Gasteiger partial charge in [-0.1, -0.05) is 29.3 Å². The van der Waals surface area contributed by atoms with Gasteiger partial charge >= 0.3 is 0 Å². The van der Waals surface area contributed by atoms with E-state index >= 15 is 0 Å². The fourth-order valence-corrected chi connectivity index (χ4v) is 4.65. The first-order valence-corrected chi connectivity index (χ1v) is 11.1. The number of anilines is 2. The highest BCUT2D eigenvalue weighted by atomic mass is 35.5. The number of nitrogens with two attached hydrogens (primary N) is 1. The molecule has 3 heterocycles. The fraction of sp³-hybridized carbons (Fsp3) is 0.350. The number of fused-ring (bicyclic) bond motifs is 1. The molecule has 0 unspecified atom stereocenters. The zero-order chi connectivity index (χ0) is 21.3. The first kappa shape index (κ1) is 21.3. The molecule has 1 aromatic carbocycles. The topological polar surface area (TPSA) is 93.4 Å². The number of carbonyl (C=O) groups excluding carboxylic acids is 1. The third-order valence-corrected chi connectivity index (χ3v) is 6.86. The van der Waals surface area contributed by atoms with Crippen LogP contribution in [0.25, 0.3) is 21.5 Å². The molecule has 1 fully saturated rings. The number of nitrogen functional groups attached to an aromatic ring is 1. The van der Waals surface area contributed by atoms with Crippen molar-refractivity contribution in [1.29, 1.82) is 0 Å². The van der Waals surface area contributed by atoms with Crippen LogP contribution in [-0.2, 0) is 4.74 Å². The van der Waals surface area contributed by atoms with E-state index in [1.165, 1.54) is 18.3 Å². The molecule has 1 saturated heterocycles. The molecule has 1 aliphatic heterocycles. The molecule has 0 bridgehead atoms. The molecule has 158 valence electrons. The van der Waals surface area contributed by atoms with Gasteiger partial charge in [-0.05, 0) is 12.1 Å². The Balaban J connectivity index is 1.70. The van der Waals surface area contributed by atoms with E-state index < -0.39 is 0 Å². The van der Waals surface area contributed by atoms with Gasteiger partial charge in [0.25, 0.3) is 0 Å². The summed E-state index contributed by atoms with van der Waals surface area (Å²) in [4.78, 5) is 24.8. The Morgan fingerprint density at radius 3 is 2.73 bits per heavy atom.